The molecular formula is C14H15N3O3. The number of likely N-dealkylation sites (N-methyl/N-ethyl adjacent to an activating group) is 1. The maximum Gasteiger partial charge on any atom is 0.326 e. The second-order valence-electron chi connectivity index (χ2n) is 4.45. The third-order valence-electron chi connectivity index (χ3n) is 3.19. The molecule has 0 bridgehead atoms. The van der Waals surface area contributed by atoms with Crippen LogP contribution in [0.15, 0.2) is 36.5 Å². The number of aromatic amines is 1. The van der Waals surface area contributed by atoms with E-state index in [1.165, 1.54) is 25.1 Å². The molecule has 0 spiro atoms. The highest BCUT2D eigenvalue weighted by Crippen LogP contribution is 2.22. The van der Waals surface area contributed by atoms with E-state index in [-0.39, 0.29) is 5.91 Å². The van der Waals surface area contributed by atoms with E-state index >= 15 is 0 Å². The summed E-state index contributed by atoms with van der Waals surface area (Å²) in [4.78, 5) is 24.5. The van der Waals surface area contributed by atoms with Crippen LogP contribution in [0.2, 0.25) is 0 Å². The lowest BCUT2D eigenvalue weighted by Gasteiger charge is -2.21. The van der Waals surface area contributed by atoms with E-state index in [9.17, 15) is 9.59 Å². The summed E-state index contributed by atoms with van der Waals surface area (Å²) in [6, 6.07) is 8.39. The van der Waals surface area contributed by atoms with Crippen LogP contribution in [0, 0.1) is 0 Å². The largest absolute Gasteiger partial charge is 0.480 e. The van der Waals surface area contributed by atoms with Gasteiger partial charge < -0.3 is 10.0 Å². The van der Waals surface area contributed by atoms with Crippen LogP contribution >= 0.6 is 0 Å². The minimum atomic E-state index is -1.05. The summed E-state index contributed by atoms with van der Waals surface area (Å²) in [5.41, 5.74) is 1.76. The molecule has 0 aliphatic rings. The first kappa shape index (κ1) is 13.8. The van der Waals surface area contributed by atoms with E-state index in [1.54, 1.807) is 0 Å². The number of nitrogens with zero attached hydrogens (tertiary/aromatic N) is 2. The highest BCUT2D eigenvalue weighted by molar-refractivity contribution is 6.01. The van der Waals surface area contributed by atoms with Gasteiger partial charge in [-0.05, 0) is 6.92 Å². The summed E-state index contributed by atoms with van der Waals surface area (Å²) in [6.45, 7) is 1.46. The number of amides is 1. The number of carboxylic acid groups (broad SMARTS) is 1. The highest BCUT2D eigenvalue weighted by Gasteiger charge is 2.25. The number of carbonyl (C=O) groups is 2. The lowest BCUT2D eigenvalue weighted by Crippen LogP contribution is -2.40. The molecule has 1 atom stereocenters. The zero-order chi connectivity index (χ0) is 14.7. The number of benzene rings is 1. The van der Waals surface area contributed by atoms with Gasteiger partial charge in [-0.1, -0.05) is 30.3 Å². The van der Waals surface area contributed by atoms with Crippen molar-refractivity contribution in [3.63, 3.8) is 0 Å². The van der Waals surface area contributed by atoms with Crippen LogP contribution < -0.4 is 0 Å². The van der Waals surface area contributed by atoms with Gasteiger partial charge >= 0.3 is 5.97 Å². The van der Waals surface area contributed by atoms with Crippen molar-refractivity contribution in [2.24, 2.45) is 0 Å². The van der Waals surface area contributed by atoms with Gasteiger partial charge in [-0.2, -0.15) is 5.10 Å². The number of nitrogens with one attached hydrogen (secondary N) is 1. The predicted octanol–water partition coefficient (Wildman–Crippen LogP) is 1.62. The first-order valence-electron chi connectivity index (χ1n) is 6.11. The van der Waals surface area contributed by atoms with Gasteiger partial charge in [-0.15, -0.1) is 0 Å². The van der Waals surface area contributed by atoms with Crippen LogP contribution in [0.4, 0.5) is 0 Å². The van der Waals surface area contributed by atoms with Gasteiger partial charge in [0.2, 0.25) is 0 Å². The number of hydrogen-bond donors (Lipinski definition) is 2. The SMILES string of the molecule is CC(C(=O)O)N(C)C(=O)c1cn[nH]c1-c1ccccc1. The molecule has 0 saturated heterocycles. The normalized spacial score (nSPS) is 11.9. The fraction of sp³-hybridized carbons (Fsp3) is 0.214. The summed E-state index contributed by atoms with van der Waals surface area (Å²) in [5, 5.41) is 15.6. The third kappa shape index (κ3) is 2.54. The molecule has 2 aromatic rings. The Morgan fingerprint density at radius 1 is 1.30 bits per heavy atom. The minimum Gasteiger partial charge on any atom is -0.480 e. The second-order valence-corrected chi connectivity index (χ2v) is 4.45. The van der Waals surface area contributed by atoms with Gasteiger partial charge in [0.1, 0.15) is 6.04 Å². The van der Waals surface area contributed by atoms with E-state index in [1.807, 2.05) is 30.3 Å². The summed E-state index contributed by atoms with van der Waals surface area (Å²) >= 11 is 0. The lowest BCUT2D eigenvalue weighted by molar-refractivity contribution is -0.141. The third-order valence-corrected chi connectivity index (χ3v) is 3.19. The van der Waals surface area contributed by atoms with Crippen molar-refractivity contribution in [3.05, 3.63) is 42.1 Å². The fourth-order valence-electron chi connectivity index (χ4n) is 1.80. The zero-order valence-electron chi connectivity index (χ0n) is 11.2. The number of aliphatic carboxylic acids is 1. The molecule has 0 aliphatic carbocycles. The van der Waals surface area contributed by atoms with Crippen molar-refractivity contribution in [3.8, 4) is 11.3 Å². The maximum atomic E-state index is 12.3. The van der Waals surface area contributed by atoms with Crippen LogP contribution in [0.1, 0.15) is 17.3 Å². The molecule has 0 fully saturated rings. The first-order valence-corrected chi connectivity index (χ1v) is 6.11. The molecule has 6 heteroatoms. The average molecular weight is 273 g/mol. The van der Waals surface area contributed by atoms with Gasteiger partial charge in [0.25, 0.3) is 5.91 Å². The Balaban J connectivity index is 2.33. The van der Waals surface area contributed by atoms with E-state index in [4.69, 9.17) is 5.11 Å². The molecule has 1 amide bonds. The maximum absolute atomic E-state index is 12.3. The average Bonchev–Trinajstić information content (AvgIpc) is 2.95. The standard InChI is InChI=1S/C14H15N3O3/c1-9(14(19)20)17(2)13(18)11-8-15-16-12(11)10-6-4-3-5-7-10/h3-9H,1-2H3,(H,15,16)(H,19,20). The summed E-state index contributed by atoms with van der Waals surface area (Å²) < 4.78 is 0. The predicted molar refractivity (Wildman–Crippen MR) is 73.2 cm³/mol. The molecule has 1 unspecified atom stereocenters. The Kier molecular flexibility index (Phi) is 3.84. The molecule has 1 aromatic carbocycles. The number of hydrogen-bond acceptors (Lipinski definition) is 3. The number of rotatable bonds is 4. The van der Waals surface area contributed by atoms with Gasteiger partial charge in [0.15, 0.2) is 0 Å². The van der Waals surface area contributed by atoms with Crippen LogP contribution in [0.3, 0.4) is 0 Å². The molecule has 2 N–H and O–H groups in total. The van der Waals surface area contributed by atoms with Crippen molar-refractivity contribution in [2.45, 2.75) is 13.0 Å². The number of H-pyrrole nitrogens is 1. The molecule has 1 aromatic heterocycles. The summed E-state index contributed by atoms with van der Waals surface area (Å²) in [5.74, 6) is -1.43. The van der Waals surface area contributed by atoms with Gasteiger partial charge in [-0.25, -0.2) is 4.79 Å². The molecule has 1 heterocycles. The summed E-state index contributed by atoms with van der Waals surface area (Å²) in [6.07, 6.45) is 1.41. The molecular weight excluding hydrogens is 258 g/mol. The number of carbonyl (C=O) groups excluding carboxylic acids is 1. The van der Waals surface area contributed by atoms with Gasteiger partial charge in [0, 0.05) is 12.6 Å². The lowest BCUT2D eigenvalue weighted by atomic mass is 10.1. The smallest absolute Gasteiger partial charge is 0.326 e. The molecule has 0 saturated carbocycles. The molecule has 0 aliphatic heterocycles. The van der Waals surface area contributed by atoms with Crippen LogP contribution in [0.5, 0.6) is 0 Å². The molecule has 0 radical (unpaired) electrons. The van der Waals surface area contributed by atoms with E-state index in [0.717, 1.165) is 5.56 Å². The van der Waals surface area contributed by atoms with Crippen molar-refractivity contribution >= 4 is 11.9 Å². The zero-order valence-corrected chi connectivity index (χ0v) is 11.2. The Bertz CT molecular complexity index is 622. The molecule has 6 nitrogen and oxygen atoms in total. The van der Waals surface area contributed by atoms with Crippen molar-refractivity contribution in [1.29, 1.82) is 0 Å². The van der Waals surface area contributed by atoms with Crippen LogP contribution in [-0.4, -0.2) is 45.2 Å². The quantitative estimate of drug-likeness (QED) is 0.886. The van der Waals surface area contributed by atoms with Crippen molar-refractivity contribution in [1.82, 2.24) is 15.1 Å². The van der Waals surface area contributed by atoms with Crippen molar-refractivity contribution in [2.75, 3.05) is 7.05 Å². The second kappa shape index (κ2) is 5.56. The van der Waals surface area contributed by atoms with Crippen molar-refractivity contribution < 1.29 is 14.7 Å². The topological polar surface area (TPSA) is 86.3 Å². The van der Waals surface area contributed by atoms with Crippen LogP contribution in [0.25, 0.3) is 11.3 Å². The van der Waals surface area contributed by atoms with Gasteiger partial charge in [-0.3, -0.25) is 9.89 Å². The number of aromatic nitrogens is 2. The Hall–Kier alpha value is -2.63. The van der Waals surface area contributed by atoms with E-state index in [0.29, 0.717) is 11.3 Å². The molecule has 104 valence electrons. The monoisotopic (exact) mass is 273 g/mol. The fourth-order valence-corrected chi connectivity index (χ4v) is 1.80. The Labute approximate surface area is 116 Å². The molecule has 20 heavy (non-hydrogen) atoms. The molecule has 2 rings (SSSR count). The minimum absolute atomic E-state index is 0.354. The van der Waals surface area contributed by atoms with E-state index < -0.39 is 12.0 Å². The number of carboxylic acids is 1. The van der Waals surface area contributed by atoms with Crippen LogP contribution in [-0.2, 0) is 4.79 Å². The first-order chi connectivity index (χ1) is 9.52. The van der Waals surface area contributed by atoms with E-state index in [2.05, 4.69) is 10.2 Å². The Morgan fingerprint density at radius 2 is 1.95 bits per heavy atom. The highest BCUT2D eigenvalue weighted by atomic mass is 16.4. The van der Waals surface area contributed by atoms with Gasteiger partial charge in [0.05, 0.1) is 17.5 Å². The summed E-state index contributed by atoms with van der Waals surface area (Å²) in [7, 11) is 1.46. The Morgan fingerprint density at radius 3 is 2.55 bits per heavy atom.